The number of amides is 2. The third-order valence-corrected chi connectivity index (χ3v) is 3.50. The van der Waals surface area contributed by atoms with Crippen LogP contribution in [-0.4, -0.2) is 47.2 Å². The third-order valence-electron chi connectivity index (χ3n) is 2.62. The van der Waals surface area contributed by atoms with Crippen LogP contribution >= 0.6 is 47.0 Å². The summed E-state index contributed by atoms with van der Waals surface area (Å²) in [5.74, 6) is 0.715. The molecule has 0 unspecified atom stereocenters. The molecule has 0 aliphatic carbocycles. The minimum atomic E-state index is -1.79. The minimum absolute atomic E-state index is 0.186. The monoisotopic (exact) mass is 398 g/mol. The molecule has 128 valence electrons. The minimum Gasteiger partial charge on any atom is -0.497 e. The number of anilines is 1. The molecular formula is C13H17Cl3N4O2S. The zero-order valence-corrected chi connectivity index (χ0v) is 15.8. The molecule has 6 nitrogen and oxygen atoms in total. The van der Waals surface area contributed by atoms with E-state index in [0.717, 1.165) is 0 Å². The fraction of sp³-hybridized carbons (Fsp3) is 0.385. The van der Waals surface area contributed by atoms with Gasteiger partial charge in [-0.3, -0.25) is 0 Å². The summed E-state index contributed by atoms with van der Waals surface area (Å²) in [5, 5.41) is 8.39. The van der Waals surface area contributed by atoms with Crippen LogP contribution in [0, 0.1) is 0 Å². The lowest BCUT2D eigenvalue weighted by atomic mass is 10.3. The number of nitrogens with zero attached hydrogens (tertiary/aromatic N) is 1. The van der Waals surface area contributed by atoms with E-state index in [-0.39, 0.29) is 5.11 Å². The molecule has 0 aliphatic heterocycles. The number of ether oxygens (including phenoxy) is 1. The van der Waals surface area contributed by atoms with Crippen LogP contribution in [0.5, 0.6) is 5.75 Å². The van der Waals surface area contributed by atoms with E-state index in [1.165, 1.54) is 4.90 Å². The van der Waals surface area contributed by atoms with Crippen LogP contribution in [0.2, 0.25) is 0 Å². The average molecular weight is 400 g/mol. The second kappa shape index (κ2) is 8.63. The van der Waals surface area contributed by atoms with Gasteiger partial charge in [0.25, 0.3) is 0 Å². The Kier molecular flexibility index (Phi) is 7.47. The number of rotatable bonds is 4. The predicted molar refractivity (Wildman–Crippen MR) is 98.6 cm³/mol. The van der Waals surface area contributed by atoms with Crippen molar-refractivity contribution in [3.63, 3.8) is 0 Å². The lowest BCUT2D eigenvalue weighted by Crippen LogP contribution is -2.57. The van der Waals surface area contributed by atoms with Crippen LogP contribution in [0.4, 0.5) is 10.5 Å². The number of hydrogen-bond acceptors (Lipinski definition) is 3. The van der Waals surface area contributed by atoms with Crippen molar-refractivity contribution >= 4 is 63.9 Å². The molecule has 2 amide bonds. The van der Waals surface area contributed by atoms with E-state index in [1.54, 1.807) is 45.5 Å². The number of alkyl halides is 3. The Bertz CT molecular complexity index is 549. The van der Waals surface area contributed by atoms with Gasteiger partial charge in [0.05, 0.1) is 7.11 Å². The number of benzene rings is 1. The molecule has 23 heavy (non-hydrogen) atoms. The quantitative estimate of drug-likeness (QED) is 0.413. The van der Waals surface area contributed by atoms with E-state index in [9.17, 15) is 4.79 Å². The van der Waals surface area contributed by atoms with Gasteiger partial charge in [0, 0.05) is 19.8 Å². The van der Waals surface area contributed by atoms with Crippen molar-refractivity contribution in [2.24, 2.45) is 0 Å². The maximum atomic E-state index is 11.7. The van der Waals surface area contributed by atoms with E-state index in [0.29, 0.717) is 11.4 Å². The smallest absolute Gasteiger partial charge is 0.318 e. The molecular weight excluding hydrogens is 383 g/mol. The van der Waals surface area contributed by atoms with Crippen molar-refractivity contribution in [1.82, 2.24) is 15.5 Å². The number of halogens is 3. The SMILES string of the molecule is COc1ccc(NC(=S)N[C@H](NC(=O)N(C)C)C(Cl)(Cl)Cl)cc1. The third kappa shape index (κ3) is 6.87. The van der Waals surface area contributed by atoms with Crippen LogP contribution in [0.1, 0.15) is 0 Å². The summed E-state index contributed by atoms with van der Waals surface area (Å²) in [5.41, 5.74) is 0.713. The second-order valence-corrected chi connectivity index (χ2v) is 7.42. The molecule has 1 aromatic rings. The van der Waals surface area contributed by atoms with Gasteiger partial charge in [-0.05, 0) is 36.5 Å². The van der Waals surface area contributed by atoms with Crippen molar-refractivity contribution in [2.45, 2.75) is 9.96 Å². The summed E-state index contributed by atoms with van der Waals surface area (Å²) in [6, 6.07) is 6.66. The Balaban J connectivity index is 2.70. The van der Waals surface area contributed by atoms with E-state index in [4.69, 9.17) is 51.8 Å². The Morgan fingerprint density at radius 3 is 2.22 bits per heavy atom. The fourth-order valence-electron chi connectivity index (χ4n) is 1.42. The maximum Gasteiger partial charge on any atom is 0.318 e. The molecule has 1 atom stereocenters. The van der Waals surface area contributed by atoms with E-state index in [1.807, 2.05) is 0 Å². The molecule has 0 radical (unpaired) electrons. The van der Waals surface area contributed by atoms with Gasteiger partial charge in [0.1, 0.15) is 5.75 Å². The molecule has 0 saturated carbocycles. The Morgan fingerprint density at radius 1 is 1.22 bits per heavy atom. The largest absolute Gasteiger partial charge is 0.497 e. The molecule has 0 aromatic heterocycles. The van der Waals surface area contributed by atoms with Gasteiger partial charge in [0.15, 0.2) is 11.3 Å². The first-order chi connectivity index (χ1) is 10.6. The predicted octanol–water partition coefficient (Wildman–Crippen LogP) is 2.95. The van der Waals surface area contributed by atoms with Gasteiger partial charge in [-0.2, -0.15) is 0 Å². The molecule has 0 spiro atoms. The van der Waals surface area contributed by atoms with Gasteiger partial charge in [-0.15, -0.1) is 0 Å². The lowest BCUT2D eigenvalue weighted by Gasteiger charge is -2.28. The lowest BCUT2D eigenvalue weighted by molar-refractivity contribution is 0.212. The summed E-state index contributed by atoms with van der Waals surface area (Å²) in [4.78, 5) is 13.0. The molecule has 1 rings (SSSR count). The summed E-state index contributed by atoms with van der Waals surface area (Å²) < 4.78 is 3.27. The zero-order chi connectivity index (χ0) is 17.6. The number of methoxy groups -OCH3 is 1. The highest BCUT2D eigenvalue weighted by molar-refractivity contribution is 7.80. The van der Waals surface area contributed by atoms with Crippen molar-refractivity contribution in [2.75, 3.05) is 26.5 Å². The van der Waals surface area contributed by atoms with Crippen molar-refractivity contribution in [3.05, 3.63) is 24.3 Å². The van der Waals surface area contributed by atoms with Gasteiger partial charge in [-0.25, -0.2) is 4.79 Å². The average Bonchev–Trinajstić information content (AvgIpc) is 2.46. The fourth-order valence-corrected chi connectivity index (χ4v) is 1.99. The zero-order valence-electron chi connectivity index (χ0n) is 12.7. The van der Waals surface area contributed by atoms with E-state index < -0.39 is 16.0 Å². The van der Waals surface area contributed by atoms with E-state index in [2.05, 4.69) is 16.0 Å². The Labute approximate surface area is 155 Å². The standard InChI is InChI=1S/C13H17Cl3N4O2S/c1-20(2)12(21)19-10(13(14,15)16)18-11(23)17-8-4-6-9(22-3)7-5-8/h4-7,10H,1-3H3,(H,19,21)(H2,17,18,23)/t10-/m1/s1. The summed E-state index contributed by atoms with van der Waals surface area (Å²) >= 11 is 22.8. The molecule has 0 aliphatic rings. The van der Waals surface area contributed by atoms with Crippen LogP contribution in [-0.2, 0) is 0 Å². The number of hydrogen-bond donors (Lipinski definition) is 3. The maximum absolute atomic E-state index is 11.7. The van der Waals surface area contributed by atoms with Gasteiger partial charge in [-0.1, -0.05) is 34.8 Å². The number of carbonyl (C=O) groups excluding carboxylic acids is 1. The van der Waals surface area contributed by atoms with E-state index >= 15 is 0 Å². The van der Waals surface area contributed by atoms with Gasteiger partial charge >= 0.3 is 6.03 Å². The van der Waals surface area contributed by atoms with Crippen molar-refractivity contribution < 1.29 is 9.53 Å². The van der Waals surface area contributed by atoms with Crippen molar-refractivity contribution in [1.29, 1.82) is 0 Å². The molecule has 1 aromatic carbocycles. The normalized spacial score (nSPS) is 12.1. The first-order valence-electron chi connectivity index (χ1n) is 6.39. The van der Waals surface area contributed by atoms with Gasteiger partial charge in [0.2, 0.25) is 3.79 Å². The number of carbonyl (C=O) groups is 1. The molecule has 3 N–H and O–H groups in total. The Morgan fingerprint density at radius 2 is 1.78 bits per heavy atom. The van der Waals surface area contributed by atoms with Crippen molar-refractivity contribution in [3.8, 4) is 5.75 Å². The number of thiocarbonyl (C=S) groups is 1. The van der Waals surface area contributed by atoms with Crippen LogP contribution in [0.15, 0.2) is 24.3 Å². The van der Waals surface area contributed by atoms with Gasteiger partial charge < -0.3 is 25.6 Å². The van der Waals surface area contributed by atoms with Crippen LogP contribution in [0.3, 0.4) is 0 Å². The molecule has 10 heteroatoms. The van der Waals surface area contributed by atoms with Crippen LogP contribution in [0.25, 0.3) is 0 Å². The highest BCUT2D eigenvalue weighted by atomic mass is 35.6. The highest BCUT2D eigenvalue weighted by Crippen LogP contribution is 2.29. The topological polar surface area (TPSA) is 65.6 Å². The first kappa shape index (κ1) is 19.9. The molecule has 0 heterocycles. The number of nitrogens with one attached hydrogen (secondary N) is 3. The molecule has 0 bridgehead atoms. The summed E-state index contributed by atoms with van der Waals surface area (Å²) in [6.45, 7) is 0. The second-order valence-electron chi connectivity index (χ2n) is 4.65. The number of urea groups is 1. The highest BCUT2D eigenvalue weighted by Gasteiger charge is 2.35. The molecule has 0 saturated heterocycles. The first-order valence-corrected chi connectivity index (χ1v) is 7.94. The molecule has 0 fully saturated rings. The van der Waals surface area contributed by atoms with Crippen LogP contribution < -0.4 is 20.7 Å². The summed E-state index contributed by atoms with van der Waals surface area (Å²) in [6.07, 6.45) is -1.01. The summed E-state index contributed by atoms with van der Waals surface area (Å²) in [7, 11) is 4.71. The Hall–Kier alpha value is -1.15.